The highest BCUT2D eigenvalue weighted by Gasteiger charge is 2.28. The van der Waals surface area contributed by atoms with Gasteiger partial charge in [-0.15, -0.1) is 11.8 Å². The number of thioether (sulfide) groups is 1. The van der Waals surface area contributed by atoms with Crippen LogP contribution in [0.1, 0.15) is 32.8 Å². The minimum absolute atomic E-state index is 0.0361. The normalized spacial score (nSPS) is 19.1. The summed E-state index contributed by atoms with van der Waals surface area (Å²) < 4.78 is 27.7. The van der Waals surface area contributed by atoms with Gasteiger partial charge in [-0.05, 0) is 29.5 Å². The molecule has 0 aliphatic carbocycles. The number of anilines is 1. The van der Waals surface area contributed by atoms with E-state index in [2.05, 4.69) is 26.1 Å². The van der Waals surface area contributed by atoms with Gasteiger partial charge < -0.3 is 10.1 Å². The zero-order valence-electron chi connectivity index (χ0n) is 15.3. The van der Waals surface area contributed by atoms with E-state index in [1.165, 1.54) is 11.8 Å². The van der Waals surface area contributed by atoms with E-state index >= 15 is 0 Å². The Balaban J connectivity index is 1.70. The fourth-order valence-corrected chi connectivity index (χ4v) is 5.96. The molecule has 1 atom stereocenters. The van der Waals surface area contributed by atoms with Gasteiger partial charge in [0.2, 0.25) is 0 Å². The molecule has 1 aromatic carbocycles. The van der Waals surface area contributed by atoms with E-state index in [-0.39, 0.29) is 34.5 Å². The van der Waals surface area contributed by atoms with E-state index in [4.69, 9.17) is 4.74 Å². The number of ether oxygens (including phenoxy) is 1. The SMILES string of the molecule is CC(C)(C)c1ccc(NC(=O)COC(=O)CS[C@H]2CCS(=O)(=O)C2)cc1. The molecule has 0 unspecified atom stereocenters. The zero-order valence-corrected chi connectivity index (χ0v) is 16.9. The molecule has 1 aliphatic heterocycles. The van der Waals surface area contributed by atoms with Crippen LogP contribution in [0.2, 0.25) is 0 Å². The van der Waals surface area contributed by atoms with Crippen LogP contribution >= 0.6 is 11.8 Å². The van der Waals surface area contributed by atoms with Crippen LogP contribution < -0.4 is 5.32 Å². The lowest BCUT2D eigenvalue weighted by Crippen LogP contribution is -2.22. The van der Waals surface area contributed by atoms with Crippen LogP contribution in [0.3, 0.4) is 0 Å². The molecule has 26 heavy (non-hydrogen) atoms. The highest BCUT2D eigenvalue weighted by molar-refractivity contribution is 8.02. The number of hydrogen-bond donors (Lipinski definition) is 1. The van der Waals surface area contributed by atoms with Crippen molar-refractivity contribution < 1.29 is 22.7 Å². The van der Waals surface area contributed by atoms with Gasteiger partial charge in [0.25, 0.3) is 5.91 Å². The molecular weight excluding hydrogens is 374 g/mol. The number of sulfone groups is 1. The van der Waals surface area contributed by atoms with E-state index in [0.29, 0.717) is 12.1 Å². The molecule has 144 valence electrons. The molecule has 1 aromatic rings. The summed E-state index contributed by atoms with van der Waals surface area (Å²) in [7, 11) is -2.95. The monoisotopic (exact) mass is 399 g/mol. The lowest BCUT2D eigenvalue weighted by Gasteiger charge is -2.19. The molecule has 1 aliphatic rings. The molecule has 6 nitrogen and oxygen atoms in total. The van der Waals surface area contributed by atoms with Crippen molar-refractivity contribution in [2.75, 3.05) is 29.2 Å². The maximum Gasteiger partial charge on any atom is 0.316 e. The van der Waals surface area contributed by atoms with Crippen LogP contribution in [0.15, 0.2) is 24.3 Å². The standard InChI is InChI=1S/C18H25NO5S2/c1-18(2,3)13-4-6-14(7-5-13)19-16(20)10-24-17(21)11-25-15-8-9-26(22,23)12-15/h4-7,15H,8-12H2,1-3H3,(H,19,20)/t15-/m0/s1. The van der Waals surface area contributed by atoms with E-state index < -0.39 is 21.7 Å². The Morgan fingerprint density at radius 3 is 2.42 bits per heavy atom. The third-order valence-corrected chi connectivity index (χ3v) is 7.28. The molecule has 1 N–H and O–H groups in total. The van der Waals surface area contributed by atoms with Crippen molar-refractivity contribution in [3.05, 3.63) is 29.8 Å². The van der Waals surface area contributed by atoms with Gasteiger partial charge in [-0.1, -0.05) is 32.9 Å². The first kappa shape index (κ1) is 20.8. The average molecular weight is 400 g/mol. The number of hydrogen-bond acceptors (Lipinski definition) is 6. The van der Waals surface area contributed by atoms with Crippen LogP contribution in [0.25, 0.3) is 0 Å². The van der Waals surface area contributed by atoms with E-state index in [1.807, 2.05) is 24.3 Å². The first-order chi connectivity index (χ1) is 12.0. The number of nitrogens with one attached hydrogen (secondary N) is 1. The molecule has 0 spiro atoms. The molecule has 1 saturated heterocycles. The number of amides is 1. The third kappa shape index (κ3) is 6.64. The van der Waals surface area contributed by atoms with E-state index in [0.717, 1.165) is 5.56 Å². The smallest absolute Gasteiger partial charge is 0.316 e. The van der Waals surface area contributed by atoms with Crippen molar-refractivity contribution in [1.82, 2.24) is 0 Å². The molecule has 1 heterocycles. The van der Waals surface area contributed by atoms with Crippen molar-refractivity contribution in [2.24, 2.45) is 0 Å². The predicted molar refractivity (Wildman–Crippen MR) is 104 cm³/mol. The van der Waals surface area contributed by atoms with Crippen LogP contribution in [-0.2, 0) is 29.6 Å². The van der Waals surface area contributed by atoms with Crippen LogP contribution in [-0.4, -0.2) is 49.4 Å². The molecule has 2 rings (SSSR count). The Kier molecular flexibility index (Phi) is 6.74. The average Bonchev–Trinajstić information content (AvgIpc) is 2.90. The Morgan fingerprint density at radius 2 is 1.88 bits per heavy atom. The molecular formula is C18H25NO5S2. The lowest BCUT2D eigenvalue weighted by atomic mass is 9.87. The van der Waals surface area contributed by atoms with Gasteiger partial charge in [-0.25, -0.2) is 8.42 Å². The van der Waals surface area contributed by atoms with Gasteiger partial charge in [0.15, 0.2) is 16.4 Å². The number of carbonyl (C=O) groups is 2. The summed E-state index contributed by atoms with van der Waals surface area (Å²) in [4.78, 5) is 23.6. The second-order valence-electron chi connectivity index (χ2n) is 7.37. The summed E-state index contributed by atoms with van der Waals surface area (Å²) in [6, 6.07) is 7.54. The summed E-state index contributed by atoms with van der Waals surface area (Å²) in [6.45, 7) is 5.97. The highest BCUT2D eigenvalue weighted by atomic mass is 32.2. The second-order valence-corrected chi connectivity index (χ2v) is 10.9. The van der Waals surface area contributed by atoms with E-state index in [1.54, 1.807) is 0 Å². The summed E-state index contributed by atoms with van der Waals surface area (Å²) >= 11 is 1.27. The summed E-state index contributed by atoms with van der Waals surface area (Å²) in [5.41, 5.74) is 1.84. The van der Waals surface area contributed by atoms with Crippen molar-refractivity contribution in [2.45, 2.75) is 37.9 Å². The van der Waals surface area contributed by atoms with Gasteiger partial charge >= 0.3 is 5.97 Å². The van der Waals surface area contributed by atoms with Gasteiger partial charge in [-0.3, -0.25) is 9.59 Å². The maximum absolute atomic E-state index is 11.9. The van der Waals surface area contributed by atoms with Crippen molar-refractivity contribution in [1.29, 1.82) is 0 Å². The Labute approximate surface area is 159 Å². The first-order valence-corrected chi connectivity index (χ1v) is 11.3. The largest absolute Gasteiger partial charge is 0.455 e. The summed E-state index contributed by atoms with van der Waals surface area (Å²) in [5.74, 6) is -0.590. The first-order valence-electron chi connectivity index (χ1n) is 8.43. The van der Waals surface area contributed by atoms with Gasteiger partial charge in [-0.2, -0.15) is 0 Å². The molecule has 1 fully saturated rings. The minimum atomic E-state index is -2.95. The zero-order chi connectivity index (χ0) is 19.4. The molecule has 0 radical (unpaired) electrons. The van der Waals surface area contributed by atoms with Crippen LogP contribution in [0.4, 0.5) is 5.69 Å². The maximum atomic E-state index is 11.9. The Morgan fingerprint density at radius 1 is 1.23 bits per heavy atom. The molecule has 0 aromatic heterocycles. The van der Waals surface area contributed by atoms with Crippen molar-refractivity contribution in [3.63, 3.8) is 0 Å². The van der Waals surface area contributed by atoms with Crippen LogP contribution in [0, 0.1) is 0 Å². The van der Waals surface area contributed by atoms with Gasteiger partial charge in [0.05, 0.1) is 17.3 Å². The van der Waals surface area contributed by atoms with E-state index in [9.17, 15) is 18.0 Å². The minimum Gasteiger partial charge on any atom is -0.455 e. The fourth-order valence-electron chi connectivity index (χ4n) is 2.52. The molecule has 0 bridgehead atoms. The summed E-state index contributed by atoms with van der Waals surface area (Å²) in [5, 5.41) is 2.61. The predicted octanol–water partition coefficient (Wildman–Crippen LogP) is 2.39. The fraction of sp³-hybridized carbons (Fsp3) is 0.556. The second kappa shape index (κ2) is 8.43. The number of carbonyl (C=O) groups excluding carboxylic acids is 2. The Bertz CT molecular complexity index is 751. The molecule has 8 heteroatoms. The lowest BCUT2D eigenvalue weighted by molar-refractivity contribution is -0.144. The van der Waals surface area contributed by atoms with Gasteiger partial charge in [0.1, 0.15) is 0 Å². The summed E-state index contributed by atoms with van der Waals surface area (Å²) in [6.07, 6.45) is 0.561. The number of benzene rings is 1. The molecule has 1 amide bonds. The van der Waals surface area contributed by atoms with Crippen molar-refractivity contribution in [3.8, 4) is 0 Å². The van der Waals surface area contributed by atoms with Gasteiger partial charge in [0, 0.05) is 10.9 Å². The van der Waals surface area contributed by atoms with Crippen molar-refractivity contribution >= 4 is 39.2 Å². The van der Waals surface area contributed by atoms with Crippen LogP contribution in [0.5, 0.6) is 0 Å². The third-order valence-electron chi connectivity index (χ3n) is 4.03. The highest BCUT2D eigenvalue weighted by Crippen LogP contribution is 2.24. The quantitative estimate of drug-likeness (QED) is 0.739. The topological polar surface area (TPSA) is 89.5 Å². The Hall–Kier alpha value is -1.54. The number of esters is 1. The number of rotatable bonds is 6. The molecule has 0 saturated carbocycles.